The van der Waals surface area contributed by atoms with E-state index in [9.17, 15) is 8.42 Å². The van der Waals surface area contributed by atoms with Crippen molar-refractivity contribution in [1.29, 1.82) is 0 Å². The monoisotopic (exact) mass is 310 g/mol. The second-order valence-electron chi connectivity index (χ2n) is 4.81. The molecule has 1 N–H and O–H groups in total. The quantitative estimate of drug-likeness (QED) is 0.753. The molecule has 0 unspecified atom stereocenters. The Bertz CT molecular complexity index is 951. The van der Waals surface area contributed by atoms with Crippen LogP contribution in [-0.4, -0.2) is 13.0 Å². The first-order chi connectivity index (χ1) is 10.6. The van der Waals surface area contributed by atoms with Crippen LogP contribution in [0.1, 0.15) is 0 Å². The van der Waals surface area contributed by atoms with Crippen LogP contribution < -0.4 is 4.72 Å². The topological polar surface area (TPSA) is 51.1 Å². The number of anilines is 1. The van der Waals surface area contributed by atoms with E-state index in [1.165, 1.54) is 0 Å². The molecule has 0 atom stereocenters. The molecule has 4 nitrogen and oxygen atoms in total. The zero-order chi connectivity index (χ0) is 15.6. The van der Waals surface area contributed by atoms with E-state index in [0.29, 0.717) is 12.2 Å². The summed E-state index contributed by atoms with van der Waals surface area (Å²) in [6, 6.07) is 15.6. The van der Waals surface area contributed by atoms with E-state index >= 15 is 0 Å². The summed E-state index contributed by atoms with van der Waals surface area (Å²) in [5.41, 5.74) is 1.29. The number of benzene rings is 2. The largest absolute Gasteiger partial charge is 0.334 e. The number of sulfonamides is 1. The predicted molar refractivity (Wildman–Crippen MR) is 88.0 cm³/mol. The molecule has 0 amide bonds. The van der Waals surface area contributed by atoms with Gasteiger partial charge in [-0.15, -0.1) is 6.42 Å². The average Bonchev–Trinajstić information content (AvgIpc) is 2.93. The molecule has 0 saturated heterocycles. The fourth-order valence-electron chi connectivity index (χ4n) is 2.38. The van der Waals surface area contributed by atoms with Gasteiger partial charge in [-0.25, -0.2) is 8.42 Å². The minimum Gasteiger partial charge on any atom is -0.334 e. The molecule has 2 aromatic carbocycles. The maximum absolute atomic E-state index is 12.5. The Hall–Kier alpha value is -2.71. The molecule has 0 aliphatic rings. The molecule has 0 spiro atoms. The van der Waals surface area contributed by atoms with Crippen LogP contribution in [0.15, 0.2) is 65.7 Å². The Balaban J connectivity index is 2.08. The van der Waals surface area contributed by atoms with Crippen LogP contribution in [0.5, 0.6) is 0 Å². The van der Waals surface area contributed by atoms with Crippen molar-refractivity contribution in [3.8, 4) is 12.3 Å². The Labute approximate surface area is 129 Å². The van der Waals surface area contributed by atoms with Gasteiger partial charge in [0.2, 0.25) is 0 Å². The van der Waals surface area contributed by atoms with Crippen molar-refractivity contribution in [2.75, 3.05) is 4.72 Å². The molecule has 0 aliphatic carbocycles. The number of nitrogens with one attached hydrogen (secondary N) is 1. The highest BCUT2D eigenvalue weighted by atomic mass is 32.2. The lowest BCUT2D eigenvalue weighted by atomic mass is 10.2. The molecule has 3 aromatic rings. The van der Waals surface area contributed by atoms with Gasteiger partial charge in [0.05, 0.1) is 22.6 Å². The van der Waals surface area contributed by atoms with Crippen LogP contribution in [0.25, 0.3) is 10.9 Å². The fraction of sp³-hybridized carbons (Fsp3) is 0.0588. The Morgan fingerprint density at radius 3 is 2.55 bits per heavy atom. The summed E-state index contributed by atoms with van der Waals surface area (Å²) in [5.74, 6) is 2.57. The summed E-state index contributed by atoms with van der Waals surface area (Å²) in [6.45, 7) is 0.383. The highest BCUT2D eigenvalue weighted by molar-refractivity contribution is 7.92. The van der Waals surface area contributed by atoms with E-state index in [1.807, 2.05) is 29.0 Å². The number of fused-ring (bicyclic) bond motifs is 1. The van der Waals surface area contributed by atoms with Crippen molar-refractivity contribution < 1.29 is 8.42 Å². The van der Waals surface area contributed by atoms with Crippen molar-refractivity contribution in [2.45, 2.75) is 11.4 Å². The van der Waals surface area contributed by atoms with E-state index in [2.05, 4.69) is 10.6 Å². The molecule has 3 rings (SSSR count). The summed E-state index contributed by atoms with van der Waals surface area (Å²) in [7, 11) is -3.63. The molecule has 110 valence electrons. The van der Waals surface area contributed by atoms with Gasteiger partial charge in [-0.2, -0.15) is 0 Å². The van der Waals surface area contributed by atoms with Gasteiger partial charge < -0.3 is 4.57 Å². The van der Waals surface area contributed by atoms with Crippen LogP contribution in [-0.2, 0) is 16.6 Å². The maximum Gasteiger partial charge on any atom is 0.261 e. The van der Waals surface area contributed by atoms with E-state index < -0.39 is 10.0 Å². The van der Waals surface area contributed by atoms with Crippen LogP contribution in [0.2, 0.25) is 0 Å². The molecular formula is C17H14N2O2S. The molecule has 0 radical (unpaired) electrons. The van der Waals surface area contributed by atoms with Gasteiger partial charge in [0.15, 0.2) is 0 Å². The van der Waals surface area contributed by atoms with Gasteiger partial charge in [0.1, 0.15) is 0 Å². The van der Waals surface area contributed by atoms with Gasteiger partial charge in [-0.1, -0.05) is 36.3 Å². The first kappa shape index (κ1) is 14.2. The molecule has 0 aliphatic heterocycles. The van der Waals surface area contributed by atoms with Crippen molar-refractivity contribution >= 4 is 26.6 Å². The summed E-state index contributed by atoms with van der Waals surface area (Å²) >= 11 is 0. The van der Waals surface area contributed by atoms with Crippen molar-refractivity contribution in [3.63, 3.8) is 0 Å². The molecule has 0 fully saturated rings. The smallest absolute Gasteiger partial charge is 0.261 e. The summed E-state index contributed by atoms with van der Waals surface area (Å²) in [6.07, 6.45) is 7.22. The van der Waals surface area contributed by atoms with Crippen LogP contribution >= 0.6 is 0 Å². The zero-order valence-corrected chi connectivity index (χ0v) is 12.5. The highest BCUT2D eigenvalue weighted by Gasteiger charge is 2.16. The van der Waals surface area contributed by atoms with Crippen LogP contribution in [0, 0.1) is 12.3 Å². The third-order valence-corrected chi connectivity index (χ3v) is 4.73. The molecule has 1 aromatic heterocycles. The summed E-state index contributed by atoms with van der Waals surface area (Å²) < 4.78 is 29.4. The number of rotatable bonds is 4. The number of hydrogen-bond acceptors (Lipinski definition) is 2. The van der Waals surface area contributed by atoms with Crippen molar-refractivity contribution in [1.82, 2.24) is 4.57 Å². The Kier molecular flexibility index (Phi) is 3.61. The second-order valence-corrected chi connectivity index (χ2v) is 6.49. The average molecular weight is 310 g/mol. The van der Waals surface area contributed by atoms with Gasteiger partial charge >= 0.3 is 0 Å². The first-order valence-electron chi connectivity index (χ1n) is 6.71. The lowest BCUT2D eigenvalue weighted by Gasteiger charge is -2.11. The Morgan fingerprint density at radius 2 is 1.82 bits per heavy atom. The molecule has 1 heterocycles. The second kappa shape index (κ2) is 5.58. The van der Waals surface area contributed by atoms with E-state index in [0.717, 1.165) is 10.9 Å². The first-order valence-corrected chi connectivity index (χ1v) is 8.19. The lowest BCUT2D eigenvalue weighted by molar-refractivity contribution is 0.601. The maximum atomic E-state index is 12.5. The third kappa shape index (κ3) is 2.57. The molecular weight excluding hydrogens is 296 g/mol. The lowest BCUT2D eigenvalue weighted by Crippen LogP contribution is -2.13. The molecule has 5 heteroatoms. The third-order valence-electron chi connectivity index (χ3n) is 3.35. The number of aromatic nitrogens is 1. The van der Waals surface area contributed by atoms with Crippen LogP contribution in [0.4, 0.5) is 5.69 Å². The van der Waals surface area contributed by atoms with Crippen molar-refractivity contribution in [3.05, 3.63) is 60.8 Å². The summed E-state index contributed by atoms with van der Waals surface area (Å²) in [4.78, 5) is 0.224. The Morgan fingerprint density at radius 1 is 1.05 bits per heavy atom. The predicted octanol–water partition coefficient (Wildman–Crippen LogP) is 3.08. The SMILES string of the molecule is C#CCn1ccc2cccc(NS(=O)(=O)c3ccccc3)c21. The van der Waals surface area contributed by atoms with E-state index in [1.54, 1.807) is 36.4 Å². The number of hydrogen-bond donors (Lipinski definition) is 1. The minimum absolute atomic E-state index is 0.224. The number of terminal acetylenes is 1. The fourth-order valence-corrected chi connectivity index (χ4v) is 3.46. The molecule has 22 heavy (non-hydrogen) atoms. The van der Waals surface area contributed by atoms with E-state index in [4.69, 9.17) is 6.42 Å². The standard InChI is InChI=1S/C17H14N2O2S/c1-2-12-19-13-11-14-7-6-10-16(17(14)19)18-22(20,21)15-8-4-3-5-9-15/h1,3-11,13,18H,12H2. The number of para-hydroxylation sites is 1. The summed E-state index contributed by atoms with van der Waals surface area (Å²) in [5, 5.41) is 0.934. The molecule has 0 saturated carbocycles. The molecule has 0 bridgehead atoms. The van der Waals surface area contributed by atoms with Crippen LogP contribution in [0.3, 0.4) is 0 Å². The highest BCUT2D eigenvalue weighted by Crippen LogP contribution is 2.26. The van der Waals surface area contributed by atoms with Gasteiger partial charge in [-0.05, 0) is 24.3 Å². The number of nitrogens with zero attached hydrogens (tertiary/aromatic N) is 1. The van der Waals surface area contributed by atoms with Gasteiger partial charge in [-0.3, -0.25) is 4.72 Å². The van der Waals surface area contributed by atoms with E-state index in [-0.39, 0.29) is 4.90 Å². The zero-order valence-electron chi connectivity index (χ0n) is 11.7. The minimum atomic E-state index is -3.63. The normalized spacial score (nSPS) is 11.2. The van der Waals surface area contributed by atoms with Gasteiger partial charge in [0.25, 0.3) is 10.0 Å². The van der Waals surface area contributed by atoms with Gasteiger partial charge in [0, 0.05) is 11.6 Å². The van der Waals surface area contributed by atoms with Crippen molar-refractivity contribution in [2.24, 2.45) is 0 Å².